The Labute approximate surface area is 177 Å². The number of anilines is 1. The second kappa shape index (κ2) is 9.51. The summed E-state index contributed by atoms with van der Waals surface area (Å²) in [6, 6.07) is 14.2. The van der Waals surface area contributed by atoms with Gasteiger partial charge in [0.2, 0.25) is 0 Å². The van der Waals surface area contributed by atoms with Gasteiger partial charge in [0.25, 0.3) is 0 Å². The number of carboxylic acid groups (broad SMARTS) is 1. The first-order chi connectivity index (χ1) is 13.9. The Morgan fingerprint density at radius 3 is 2.41 bits per heavy atom. The number of nitrogens with zero attached hydrogens (tertiary/aromatic N) is 2. The first kappa shape index (κ1) is 21.5. The Bertz CT molecular complexity index is 831. The Hall–Kier alpha value is -2.24. The molecule has 1 aliphatic heterocycles. The van der Waals surface area contributed by atoms with Crippen molar-refractivity contribution in [1.82, 2.24) is 4.90 Å². The summed E-state index contributed by atoms with van der Waals surface area (Å²) in [5, 5.41) is 10.0. The molecule has 6 heteroatoms. The van der Waals surface area contributed by atoms with E-state index < -0.39 is 5.97 Å². The quantitative estimate of drug-likeness (QED) is 0.709. The molecule has 2 aromatic carbocycles. The van der Waals surface area contributed by atoms with Crippen LogP contribution < -0.4 is 9.64 Å². The average molecular weight is 417 g/mol. The van der Waals surface area contributed by atoms with Crippen molar-refractivity contribution in [2.45, 2.75) is 25.8 Å². The van der Waals surface area contributed by atoms with Gasteiger partial charge in [0.1, 0.15) is 5.75 Å². The van der Waals surface area contributed by atoms with Crippen LogP contribution in [0.4, 0.5) is 5.69 Å². The highest BCUT2D eigenvalue weighted by molar-refractivity contribution is 6.30. The van der Waals surface area contributed by atoms with Gasteiger partial charge in [-0.3, -0.25) is 9.69 Å². The van der Waals surface area contributed by atoms with Crippen LogP contribution in [0.15, 0.2) is 42.5 Å². The SMILES string of the molecule is CCOc1ccc(Cl)cc1C(c1ccc(N(C)C)cc1)N1CCC(C(=O)O)CC1. The van der Waals surface area contributed by atoms with E-state index in [2.05, 4.69) is 34.1 Å². The van der Waals surface area contributed by atoms with Crippen LogP contribution in [0.1, 0.15) is 36.9 Å². The molecule has 1 aliphatic rings. The predicted molar refractivity (Wildman–Crippen MR) is 117 cm³/mol. The standard InChI is InChI=1S/C23H29ClN2O3/c1-4-29-21-10-7-18(24)15-20(21)22(16-5-8-19(9-6-16)25(2)3)26-13-11-17(12-14-26)23(27)28/h5-10,15,17,22H,4,11-14H2,1-3H3,(H,27,28). The van der Waals surface area contributed by atoms with Crippen LogP contribution in [0.25, 0.3) is 0 Å². The average Bonchev–Trinajstić information content (AvgIpc) is 2.71. The van der Waals surface area contributed by atoms with Crippen molar-refractivity contribution in [3.05, 3.63) is 58.6 Å². The summed E-state index contributed by atoms with van der Waals surface area (Å²) in [5.74, 6) is -0.151. The van der Waals surface area contributed by atoms with Gasteiger partial charge in [0, 0.05) is 30.4 Å². The lowest BCUT2D eigenvalue weighted by Gasteiger charge is -2.37. The number of benzene rings is 2. The van der Waals surface area contributed by atoms with Gasteiger partial charge < -0.3 is 14.7 Å². The summed E-state index contributed by atoms with van der Waals surface area (Å²) in [6.07, 6.45) is 1.29. The van der Waals surface area contributed by atoms with Gasteiger partial charge in [-0.15, -0.1) is 0 Å². The third-order valence-corrected chi connectivity index (χ3v) is 5.77. The normalized spacial score (nSPS) is 16.4. The van der Waals surface area contributed by atoms with E-state index in [1.165, 1.54) is 0 Å². The fraction of sp³-hybridized carbons (Fsp3) is 0.435. The van der Waals surface area contributed by atoms with Crippen LogP contribution in [0, 0.1) is 5.92 Å². The van der Waals surface area contributed by atoms with Crippen molar-refractivity contribution in [3.8, 4) is 5.75 Å². The number of aliphatic carboxylic acids is 1. The van der Waals surface area contributed by atoms with Crippen molar-refractivity contribution in [3.63, 3.8) is 0 Å². The van der Waals surface area contributed by atoms with Crippen molar-refractivity contribution in [1.29, 1.82) is 0 Å². The van der Waals surface area contributed by atoms with Gasteiger partial charge in [-0.1, -0.05) is 23.7 Å². The molecule has 1 unspecified atom stereocenters. The highest BCUT2D eigenvalue weighted by atomic mass is 35.5. The minimum absolute atomic E-state index is 0.0405. The number of carboxylic acids is 1. The van der Waals surface area contributed by atoms with E-state index in [0.29, 0.717) is 24.5 Å². The molecule has 1 saturated heterocycles. The zero-order chi connectivity index (χ0) is 21.0. The van der Waals surface area contributed by atoms with E-state index in [1.807, 2.05) is 39.2 Å². The molecular weight excluding hydrogens is 388 g/mol. The smallest absolute Gasteiger partial charge is 0.306 e. The minimum Gasteiger partial charge on any atom is -0.494 e. The lowest BCUT2D eigenvalue weighted by Crippen LogP contribution is -2.39. The summed E-state index contributed by atoms with van der Waals surface area (Å²) in [4.78, 5) is 15.8. The van der Waals surface area contributed by atoms with Crippen LogP contribution in [-0.2, 0) is 4.79 Å². The third-order valence-electron chi connectivity index (χ3n) is 5.54. The van der Waals surface area contributed by atoms with E-state index in [4.69, 9.17) is 16.3 Å². The molecule has 1 atom stereocenters. The number of hydrogen-bond donors (Lipinski definition) is 1. The molecule has 0 bridgehead atoms. The highest BCUT2D eigenvalue weighted by Gasteiger charge is 2.31. The van der Waals surface area contributed by atoms with Crippen LogP contribution in [-0.4, -0.2) is 49.8 Å². The second-order valence-electron chi connectivity index (χ2n) is 7.65. The molecule has 2 aromatic rings. The number of likely N-dealkylation sites (tertiary alicyclic amines) is 1. The van der Waals surface area contributed by atoms with Gasteiger partial charge in [-0.05, 0) is 68.8 Å². The number of rotatable bonds is 7. The molecule has 0 aliphatic carbocycles. The van der Waals surface area contributed by atoms with Crippen LogP contribution in [0.5, 0.6) is 5.75 Å². The molecule has 0 aromatic heterocycles. The van der Waals surface area contributed by atoms with Crippen LogP contribution in [0.2, 0.25) is 5.02 Å². The molecule has 5 nitrogen and oxygen atoms in total. The molecule has 0 radical (unpaired) electrons. The van der Waals surface area contributed by atoms with E-state index in [0.717, 1.165) is 35.7 Å². The highest BCUT2D eigenvalue weighted by Crippen LogP contribution is 2.39. The fourth-order valence-corrected chi connectivity index (χ4v) is 4.15. The second-order valence-corrected chi connectivity index (χ2v) is 8.09. The minimum atomic E-state index is -0.700. The number of carbonyl (C=O) groups is 1. The van der Waals surface area contributed by atoms with Crippen LogP contribution >= 0.6 is 11.6 Å². The van der Waals surface area contributed by atoms with Crippen molar-refractivity contribution in [2.75, 3.05) is 38.7 Å². The summed E-state index contributed by atoms with van der Waals surface area (Å²) in [5.41, 5.74) is 3.30. The van der Waals surface area contributed by atoms with E-state index in [-0.39, 0.29) is 12.0 Å². The molecule has 1 heterocycles. The zero-order valence-electron chi connectivity index (χ0n) is 17.3. The molecule has 29 heavy (non-hydrogen) atoms. The van der Waals surface area contributed by atoms with Gasteiger partial charge in [-0.2, -0.15) is 0 Å². The molecular formula is C23H29ClN2O3. The van der Waals surface area contributed by atoms with Gasteiger partial charge in [0.05, 0.1) is 18.6 Å². The molecule has 1 fully saturated rings. The van der Waals surface area contributed by atoms with E-state index in [1.54, 1.807) is 0 Å². The summed E-state index contributed by atoms with van der Waals surface area (Å²) in [7, 11) is 4.04. The lowest BCUT2D eigenvalue weighted by molar-refractivity contribution is -0.143. The largest absolute Gasteiger partial charge is 0.494 e. The first-order valence-electron chi connectivity index (χ1n) is 10.1. The Morgan fingerprint density at radius 2 is 1.86 bits per heavy atom. The summed E-state index contributed by atoms with van der Waals surface area (Å²) in [6.45, 7) is 3.98. The molecule has 0 spiro atoms. The maximum atomic E-state index is 11.4. The number of piperidine rings is 1. The monoisotopic (exact) mass is 416 g/mol. The number of ether oxygens (including phenoxy) is 1. The number of hydrogen-bond acceptors (Lipinski definition) is 4. The maximum absolute atomic E-state index is 11.4. The summed E-state index contributed by atoms with van der Waals surface area (Å²) < 4.78 is 5.92. The first-order valence-corrected chi connectivity index (χ1v) is 10.4. The maximum Gasteiger partial charge on any atom is 0.306 e. The zero-order valence-corrected chi connectivity index (χ0v) is 18.0. The molecule has 0 saturated carbocycles. The Balaban J connectivity index is 2.01. The fourth-order valence-electron chi connectivity index (χ4n) is 3.97. The summed E-state index contributed by atoms with van der Waals surface area (Å²) >= 11 is 6.36. The molecule has 3 rings (SSSR count). The van der Waals surface area contributed by atoms with Gasteiger partial charge in [0.15, 0.2) is 0 Å². The molecule has 1 N–H and O–H groups in total. The number of halogens is 1. The van der Waals surface area contributed by atoms with E-state index >= 15 is 0 Å². The Morgan fingerprint density at radius 1 is 1.21 bits per heavy atom. The lowest BCUT2D eigenvalue weighted by atomic mass is 9.91. The van der Waals surface area contributed by atoms with Gasteiger partial charge in [-0.25, -0.2) is 0 Å². The van der Waals surface area contributed by atoms with E-state index in [9.17, 15) is 9.90 Å². The van der Waals surface area contributed by atoms with Gasteiger partial charge >= 0.3 is 5.97 Å². The topological polar surface area (TPSA) is 53.0 Å². The van der Waals surface area contributed by atoms with Crippen molar-refractivity contribution < 1.29 is 14.6 Å². The van der Waals surface area contributed by atoms with Crippen LogP contribution in [0.3, 0.4) is 0 Å². The molecule has 0 amide bonds. The molecule has 156 valence electrons. The third kappa shape index (κ3) is 5.03. The Kier molecular flexibility index (Phi) is 7.04. The van der Waals surface area contributed by atoms with Crippen molar-refractivity contribution >= 4 is 23.3 Å². The van der Waals surface area contributed by atoms with Crippen molar-refractivity contribution in [2.24, 2.45) is 5.92 Å². The predicted octanol–water partition coefficient (Wildman–Crippen LogP) is 4.69.